The molecule has 0 fully saturated rings. The van der Waals surface area contributed by atoms with Crippen LogP contribution in [0.4, 0.5) is 10.1 Å². The lowest BCUT2D eigenvalue weighted by molar-refractivity contribution is 0.204. The molecule has 2 N–H and O–H groups in total. The molecular weight excluding hydrogens is 253 g/mol. The number of aryl methyl sites for hydroxylation is 1. The van der Waals surface area contributed by atoms with E-state index in [9.17, 15) is 9.50 Å². The maximum absolute atomic E-state index is 14.1. The van der Waals surface area contributed by atoms with Crippen molar-refractivity contribution < 1.29 is 9.50 Å². The van der Waals surface area contributed by atoms with Crippen molar-refractivity contribution in [3.05, 3.63) is 65.5 Å². The number of halogens is 1. The van der Waals surface area contributed by atoms with Gasteiger partial charge in [0.15, 0.2) is 0 Å². The molecule has 1 atom stereocenters. The van der Waals surface area contributed by atoms with Crippen LogP contribution in [0, 0.1) is 12.7 Å². The zero-order chi connectivity index (χ0) is 14.6. The van der Waals surface area contributed by atoms with Gasteiger partial charge in [0.2, 0.25) is 0 Å². The molecule has 0 spiro atoms. The van der Waals surface area contributed by atoms with Crippen molar-refractivity contribution in [3.8, 4) is 0 Å². The molecule has 2 nitrogen and oxygen atoms in total. The number of aliphatic hydroxyl groups excluding tert-OH is 1. The van der Waals surface area contributed by atoms with E-state index in [0.717, 1.165) is 11.3 Å². The fourth-order valence-electron chi connectivity index (χ4n) is 2.35. The van der Waals surface area contributed by atoms with E-state index in [-0.39, 0.29) is 12.4 Å². The van der Waals surface area contributed by atoms with Gasteiger partial charge in [-0.25, -0.2) is 4.39 Å². The van der Waals surface area contributed by atoms with Crippen LogP contribution in [0.15, 0.2) is 48.5 Å². The van der Waals surface area contributed by atoms with Gasteiger partial charge in [-0.1, -0.05) is 42.8 Å². The number of aliphatic hydroxyl groups is 1. The third-order valence-corrected chi connectivity index (χ3v) is 3.70. The maximum Gasteiger partial charge on any atom is 0.128 e. The molecule has 0 aliphatic heterocycles. The first-order chi connectivity index (χ1) is 9.61. The average molecular weight is 273 g/mol. The summed E-state index contributed by atoms with van der Waals surface area (Å²) in [5.41, 5.74) is 1.72. The van der Waals surface area contributed by atoms with Crippen LogP contribution in [-0.4, -0.2) is 11.7 Å². The molecule has 0 aliphatic carbocycles. The summed E-state index contributed by atoms with van der Waals surface area (Å²) >= 11 is 0. The third kappa shape index (κ3) is 2.83. The number of rotatable bonds is 5. The van der Waals surface area contributed by atoms with E-state index in [1.165, 1.54) is 6.07 Å². The Hall–Kier alpha value is -1.87. The first-order valence-corrected chi connectivity index (χ1v) is 6.82. The van der Waals surface area contributed by atoms with Gasteiger partial charge in [0, 0.05) is 11.3 Å². The minimum Gasteiger partial charge on any atom is -0.394 e. The molecule has 106 valence electrons. The Labute approximate surface area is 119 Å². The number of anilines is 1. The van der Waals surface area contributed by atoms with Crippen LogP contribution in [0.25, 0.3) is 0 Å². The Kier molecular flexibility index (Phi) is 4.40. The molecule has 0 heterocycles. The summed E-state index contributed by atoms with van der Waals surface area (Å²) in [7, 11) is 0. The summed E-state index contributed by atoms with van der Waals surface area (Å²) in [6, 6.07) is 14.4. The van der Waals surface area contributed by atoms with Gasteiger partial charge < -0.3 is 10.4 Å². The topological polar surface area (TPSA) is 32.3 Å². The normalized spacial score (nSPS) is 13.8. The zero-order valence-corrected chi connectivity index (χ0v) is 11.9. The van der Waals surface area contributed by atoms with Crippen molar-refractivity contribution >= 4 is 5.69 Å². The summed E-state index contributed by atoms with van der Waals surface area (Å²) in [4.78, 5) is 0. The van der Waals surface area contributed by atoms with Crippen LogP contribution >= 0.6 is 0 Å². The lowest BCUT2D eigenvalue weighted by atomic mass is 9.87. The average Bonchev–Trinajstić information content (AvgIpc) is 2.48. The lowest BCUT2D eigenvalue weighted by Gasteiger charge is -2.34. The van der Waals surface area contributed by atoms with Crippen molar-refractivity contribution in [1.29, 1.82) is 0 Å². The van der Waals surface area contributed by atoms with Crippen LogP contribution in [0.1, 0.15) is 24.5 Å². The minimum absolute atomic E-state index is 0.168. The van der Waals surface area contributed by atoms with Gasteiger partial charge in [-0.05, 0) is 31.5 Å². The Morgan fingerprint density at radius 2 is 1.75 bits per heavy atom. The molecule has 2 aromatic carbocycles. The van der Waals surface area contributed by atoms with Gasteiger partial charge in [0.25, 0.3) is 0 Å². The van der Waals surface area contributed by atoms with Crippen molar-refractivity contribution in [2.75, 3.05) is 11.9 Å². The third-order valence-electron chi connectivity index (χ3n) is 3.70. The summed E-state index contributed by atoms with van der Waals surface area (Å²) in [6.07, 6.45) is 0.582. The highest BCUT2D eigenvalue weighted by atomic mass is 19.1. The number of hydrogen-bond acceptors (Lipinski definition) is 2. The molecule has 0 bridgehead atoms. The Morgan fingerprint density at radius 1 is 1.10 bits per heavy atom. The maximum atomic E-state index is 14.1. The second-order valence-corrected chi connectivity index (χ2v) is 5.06. The highest BCUT2D eigenvalue weighted by Crippen LogP contribution is 2.31. The van der Waals surface area contributed by atoms with Crippen LogP contribution in [-0.2, 0) is 5.54 Å². The van der Waals surface area contributed by atoms with Gasteiger partial charge in [0.1, 0.15) is 5.82 Å². The van der Waals surface area contributed by atoms with Crippen LogP contribution in [0.3, 0.4) is 0 Å². The molecule has 0 saturated carbocycles. The molecule has 2 rings (SSSR count). The minimum atomic E-state index is -0.805. The molecule has 20 heavy (non-hydrogen) atoms. The number of benzene rings is 2. The quantitative estimate of drug-likeness (QED) is 0.867. The van der Waals surface area contributed by atoms with E-state index >= 15 is 0 Å². The van der Waals surface area contributed by atoms with Gasteiger partial charge in [0.05, 0.1) is 12.1 Å². The number of hydrogen-bond donors (Lipinski definition) is 2. The van der Waals surface area contributed by atoms with Gasteiger partial charge in [-0.15, -0.1) is 0 Å². The zero-order valence-electron chi connectivity index (χ0n) is 11.9. The monoisotopic (exact) mass is 273 g/mol. The van der Waals surface area contributed by atoms with E-state index in [2.05, 4.69) is 5.32 Å². The molecule has 0 radical (unpaired) electrons. The predicted octanol–water partition coefficient (Wildman–Crippen LogP) is 3.84. The number of nitrogens with one attached hydrogen (secondary N) is 1. The second kappa shape index (κ2) is 6.06. The Balaban J connectivity index is 2.39. The molecule has 3 heteroatoms. The smallest absolute Gasteiger partial charge is 0.128 e. The van der Waals surface area contributed by atoms with Crippen molar-refractivity contribution in [1.82, 2.24) is 0 Å². The standard InChI is InChI=1S/C17H20FNO/c1-3-17(12-20,15-6-4-5-7-16(15)18)19-14-10-8-13(2)9-11-14/h4-11,19-20H,3,12H2,1-2H3. The largest absolute Gasteiger partial charge is 0.394 e. The van der Waals surface area contributed by atoms with E-state index in [0.29, 0.717) is 12.0 Å². The lowest BCUT2D eigenvalue weighted by Crippen LogP contribution is -2.39. The summed E-state index contributed by atoms with van der Waals surface area (Å²) in [5.74, 6) is -0.303. The fourth-order valence-corrected chi connectivity index (χ4v) is 2.35. The van der Waals surface area contributed by atoms with Gasteiger partial charge in [-0.3, -0.25) is 0 Å². The molecule has 0 aromatic heterocycles. The summed E-state index contributed by atoms with van der Waals surface area (Å²) < 4.78 is 14.1. The first kappa shape index (κ1) is 14.5. The van der Waals surface area contributed by atoms with E-state index < -0.39 is 5.54 Å². The molecule has 0 aliphatic rings. The fraction of sp³-hybridized carbons (Fsp3) is 0.294. The van der Waals surface area contributed by atoms with Gasteiger partial charge in [-0.2, -0.15) is 0 Å². The van der Waals surface area contributed by atoms with Crippen LogP contribution < -0.4 is 5.32 Å². The van der Waals surface area contributed by atoms with E-state index in [1.807, 2.05) is 38.1 Å². The Bertz CT molecular complexity index is 561. The molecule has 1 unspecified atom stereocenters. The highest BCUT2D eigenvalue weighted by molar-refractivity contribution is 5.49. The Morgan fingerprint density at radius 3 is 2.30 bits per heavy atom. The summed E-state index contributed by atoms with van der Waals surface area (Å²) in [5, 5.41) is 13.1. The first-order valence-electron chi connectivity index (χ1n) is 6.82. The van der Waals surface area contributed by atoms with E-state index in [1.54, 1.807) is 18.2 Å². The SMILES string of the molecule is CCC(CO)(Nc1ccc(C)cc1)c1ccccc1F. The van der Waals surface area contributed by atoms with Crippen LogP contribution in [0.5, 0.6) is 0 Å². The second-order valence-electron chi connectivity index (χ2n) is 5.06. The van der Waals surface area contributed by atoms with Gasteiger partial charge >= 0.3 is 0 Å². The van der Waals surface area contributed by atoms with Crippen molar-refractivity contribution in [3.63, 3.8) is 0 Å². The molecule has 0 amide bonds. The van der Waals surface area contributed by atoms with E-state index in [4.69, 9.17) is 0 Å². The highest BCUT2D eigenvalue weighted by Gasteiger charge is 2.32. The molecular formula is C17H20FNO. The van der Waals surface area contributed by atoms with Crippen molar-refractivity contribution in [2.45, 2.75) is 25.8 Å². The van der Waals surface area contributed by atoms with Crippen LogP contribution in [0.2, 0.25) is 0 Å². The predicted molar refractivity (Wildman–Crippen MR) is 80.3 cm³/mol. The van der Waals surface area contributed by atoms with Crippen molar-refractivity contribution in [2.24, 2.45) is 0 Å². The molecule has 2 aromatic rings. The molecule has 0 saturated heterocycles. The summed E-state index contributed by atoms with van der Waals surface area (Å²) in [6.45, 7) is 3.78.